The monoisotopic (exact) mass is 281 g/mol. The summed E-state index contributed by atoms with van der Waals surface area (Å²) in [7, 11) is 0. The zero-order valence-corrected chi connectivity index (χ0v) is 11.9. The van der Waals surface area contributed by atoms with Crippen LogP contribution in [-0.2, 0) is 11.2 Å². The molecule has 0 radical (unpaired) electrons. The molecule has 0 unspecified atom stereocenters. The van der Waals surface area contributed by atoms with E-state index in [4.69, 9.17) is 9.26 Å². The third-order valence-corrected chi connectivity index (χ3v) is 3.43. The lowest BCUT2D eigenvalue weighted by atomic mass is 10.4. The van der Waals surface area contributed by atoms with Gasteiger partial charge in [0.05, 0.1) is 11.2 Å². The number of thiazole rings is 1. The van der Waals surface area contributed by atoms with Crippen molar-refractivity contribution in [2.24, 2.45) is 0 Å². The van der Waals surface area contributed by atoms with E-state index in [2.05, 4.69) is 22.0 Å². The molecular formula is C12H15N3O3S. The van der Waals surface area contributed by atoms with Crippen LogP contribution in [0.4, 0.5) is 0 Å². The summed E-state index contributed by atoms with van der Waals surface area (Å²) in [4.78, 5) is 20.6. The Bertz CT molecular complexity index is 564. The molecule has 0 saturated carbocycles. The second-order valence-electron chi connectivity index (χ2n) is 4.10. The van der Waals surface area contributed by atoms with Crippen LogP contribution in [0.5, 0.6) is 0 Å². The van der Waals surface area contributed by atoms with Gasteiger partial charge in [0.15, 0.2) is 11.9 Å². The van der Waals surface area contributed by atoms with Crippen LogP contribution < -0.4 is 0 Å². The first kappa shape index (κ1) is 13.7. The Morgan fingerprint density at radius 2 is 2.37 bits per heavy atom. The predicted octanol–water partition coefficient (Wildman–Crippen LogP) is 2.71. The number of nitrogens with zero attached hydrogens (tertiary/aromatic N) is 3. The van der Waals surface area contributed by atoms with Crippen molar-refractivity contribution in [1.29, 1.82) is 0 Å². The van der Waals surface area contributed by atoms with Gasteiger partial charge in [-0.25, -0.2) is 9.78 Å². The SMILES string of the molecule is CCCc1ncc(C(=O)O[C@H](C)c2nc(C)no2)s1. The largest absolute Gasteiger partial charge is 0.448 e. The first-order valence-corrected chi connectivity index (χ1v) is 6.87. The zero-order chi connectivity index (χ0) is 13.8. The highest BCUT2D eigenvalue weighted by atomic mass is 32.1. The fraction of sp³-hybridized carbons (Fsp3) is 0.500. The van der Waals surface area contributed by atoms with Gasteiger partial charge in [0.25, 0.3) is 5.89 Å². The van der Waals surface area contributed by atoms with Crippen molar-refractivity contribution in [2.45, 2.75) is 39.7 Å². The van der Waals surface area contributed by atoms with E-state index >= 15 is 0 Å². The topological polar surface area (TPSA) is 78.1 Å². The maximum absolute atomic E-state index is 11.9. The van der Waals surface area contributed by atoms with Gasteiger partial charge in [-0.05, 0) is 26.7 Å². The van der Waals surface area contributed by atoms with Crippen molar-refractivity contribution in [3.8, 4) is 0 Å². The molecule has 2 aromatic heterocycles. The summed E-state index contributed by atoms with van der Waals surface area (Å²) >= 11 is 1.36. The molecule has 0 amide bonds. The van der Waals surface area contributed by atoms with E-state index in [9.17, 15) is 4.79 Å². The second kappa shape index (κ2) is 5.92. The lowest BCUT2D eigenvalue weighted by Gasteiger charge is -2.07. The van der Waals surface area contributed by atoms with Gasteiger partial charge in [-0.15, -0.1) is 11.3 Å². The van der Waals surface area contributed by atoms with Gasteiger partial charge in [0, 0.05) is 0 Å². The smallest absolute Gasteiger partial charge is 0.350 e. The van der Waals surface area contributed by atoms with E-state index in [0.29, 0.717) is 16.6 Å². The summed E-state index contributed by atoms with van der Waals surface area (Å²) in [6.45, 7) is 5.47. The molecule has 102 valence electrons. The number of carbonyl (C=O) groups excluding carboxylic acids is 1. The van der Waals surface area contributed by atoms with Crippen molar-refractivity contribution in [3.63, 3.8) is 0 Å². The normalized spacial score (nSPS) is 12.4. The van der Waals surface area contributed by atoms with Crippen LogP contribution in [0.2, 0.25) is 0 Å². The molecule has 0 spiro atoms. The Labute approximate surface area is 114 Å². The minimum Gasteiger partial charge on any atom is -0.448 e. The van der Waals surface area contributed by atoms with Crippen LogP contribution in [-0.4, -0.2) is 21.1 Å². The summed E-state index contributed by atoms with van der Waals surface area (Å²) < 4.78 is 10.2. The number of aryl methyl sites for hydroxylation is 2. The standard InChI is InChI=1S/C12H15N3O3S/c1-4-5-10-13-6-9(19-10)12(16)17-7(2)11-14-8(3)15-18-11/h6-7H,4-5H2,1-3H3/t7-/m1/s1. The molecule has 0 N–H and O–H groups in total. The number of aromatic nitrogens is 3. The van der Waals surface area contributed by atoms with Gasteiger partial charge in [-0.3, -0.25) is 0 Å². The van der Waals surface area contributed by atoms with Crippen molar-refractivity contribution >= 4 is 17.3 Å². The number of hydrogen-bond donors (Lipinski definition) is 0. The first-order chi connectivity index (χ1) is 9.10. The van der Waals surface area contributed by atoms with Crippen LogP contribution in [0.1, 0.15) is 52.8 Å². The molecule has 1 atom stereocenters. The van der Waals surface area contributed by atoms with Crippen molar-refractivity contribution in [3.05, 3.63) is 27.8 Å². The molecule has 6 nitrogen and oxygen atoms in total. The molecule has 0 saturated heterocycles. The van der Waals surface area contributed by atoms with E-state index in [1.807, 2.05) is 0 Å². The van der Waals surface area contributed by atoms with Gasteiger partial charge in [0.1, 0.15) is 4.88 Å². The van der Waals surface area contributed by atoms with Crippen LogP contribution in [0.15, 0.2) is 10.7 Å². The average Bonchev–Trinajstić information content (AvgIpc) is 2.98. The molecule has 0 aliphatic rings. The molecule has 7 heteroatoms. The minimum atomic E-state index is -0.564. The molecule has 19 heavy (non-hydrogen) atoms. The van der Waals surface area contributed by atoms with Crippen molar-refractivity contribution in [1.82, 2.24) is 15.1 Å². The number of ether oxygens (including phenoxy) is 1. The summed E-state index contributed by atoms with van der Waals surface area (Å²) in [6, 6.07) is 0. The predicted molar refractivity (Wildman–Crippen MR) is 69.0 cm³/mol. The first-order valence-electron chi connectivity index (χ1n) is 6.06. The molecule has 0 aliphatic carbocycles. The van der Waals surface area contributed by atoms with E-state index in [1.54, 1.807) is 20.0 Å². The lowest BCUT2D eigenvalue weighted by Crippen LogP contribution is -2.08. The van der Waals surface area contributed by atoms with Crippen molar-refractivity contribution < 1.29 is 14.1 Å². The summed E-state index contributed by atoms with van der Waals surface area (Å²) in [5.74, 6) is 0.397. The van der Waals surface area contributed by atoms with E-state index < -0.39 is 12.1 Å². The Kier molecular flexibility index (Phi) is 4.26. The number of carbonyl (C=O) groups is 1. The zero-order valence-electron chi connectivity index (χ0n) is 11.0. The van der Waals surface area contributed by atoms with Gasteiger partial charge >= 0.3 is 5.97 Å². The average molecular weight is 281 g/mol. The Morgan fingerprint density at radius 1 is 1.58 bits per heavy atom. The number of esters is 1. The highest BCUT2D eigenvalue weighted by Gasteiger charge is 2.20. The van der Waals surface area contributed by atoms with Crippen molar-refractivity contribution in [2.75, 3.05) is 0 Å². The Hall–Kier alpha value is -1.76. The van der Waals surface area contributed by atoms with Crippen LogP contribution in [0.3, 0.4) is 0 Å². The Morgan fingerprint density at radius 3 is 3.00 bits per heavy atom. The van der Waals surface area contributed by atoms with E-state index in [0.717, 1.165) is 17.8 Å². The fourth-order valence-corrected chi connectivity index (χ4v) is 2.38. The molecule has 0 fully saturated rings. The van der Waals surface area contributed by atoms with Crippen LogP contribution in [0.25, 0.3) is 0 Å². The fourth-order valence-electron chi connectivity index (χ4n) is 1.48. The minimum absolute atomic E-state index is 0.296. The third kappa shape index (κ3) is 3.37. The van der Waals surface area contributed by atoms with Gasteiger partial charge in [-0.1, -0.05) is 12.1 Å². The van der Waals surface area contributed by atoms with Gasteiger partial charge in [0.2, 0.25) is 0 Å². The Balaban J connectivity index is 1.99. The highest BCUT2D eigenvalue weighted by molar-refractivity contribution is 7.13. The maximum Gasteiger partial charge on any atom is 0.350 e. The molecule has 2 aromatic rings. The summed E-state index contributed by atoms with van der Waals surface area (Å²) in [5, 5.41) is 4.60. The maximum atomic E-state index is 11.9. The quantitative estimate of drug-likeness (QED) is 0.784. The highest BCUT2D eigenvalue weighted by Crippen LogP contribution is 2.20. The second-order valence-corrected chi connectivity index (χ2v) is 5.21. The molecular weight excluding hydrogens is 266 g/mol. The van der Waals surface area contributed by atoms with E-state index in [1.165, 1.54) is 11.3 Å². The van der Waals surface area contributed by atoms with Gasteiger partial charge < -0.3 is 9.26 Å². The molecule has 0 aliphatic heterocycles. The molecule has 2 heterocycles. The van der Waals surface area contributed by atoms with Gasteiger partial charge in [-0.2, -0.15) is 4.98 Å². The van der Waals surface area contributed by atoms with Crippen LogP contribution in [0, 0.1) is 6.92 Å². The molecule has 0 bridgehead atoms. The molecule has 0 aromatic carbocycles. The summed E-state index contributed by atoms with van der Waals surface area (Å²) in [6.07, 6.45) is 2.85. The number of rotatable bonds is 5. The molecule has 2 rings (SSSR count). The van der Waals surface area contributed by atoms with Crippen LogP contribution >= 0.6 is 11.3 Å². The summed E-state index contributed by atoms with van der Waals surface area (Å²) in [5.41, 5.74) is 0. The third-order valence-electron chi connectivity index (χ3n) is 2.39. The lowest BCUT2D eigenvalue weighted by molar-refractivity contribution is 0.0271. The number of hydrogen-bond acceptors (Lipinski definition) is 7. The van der Waals surface area contributed by atoms with E-state index in [-0.39, 0.29) is 0 Å².